The van der Waals surface area contributed by atoms with Crippen LogP contribution in [-0.4, -0.2) is 30.4 Å². The summed E-state index contributed by atoms with van der Waals surface area (Å²) in [5.41, 5.74) is 5.54. The highest BCUT2D eigenvalue weighted by molar-refractivity contribution is 5.83. The molecule has 0 aromatic heterocycles. The van der Waals surface area contributed by atoms with E-state index in [4.69, 9.17) is 5.73 Å². The zero-order chi connectivity index (χ0) is 13.8. The maximum absolute atomic E-state index is 12.7. The van der Waals surface area contributed by atoms with Crippen LogP contribution in [-0.2, 0) is 4.79 Å². The Bertz CT molecular complexity index is 265. The normalized spacial score (nSPS) is 24.9. The van der Waals surface area contributed by atoms with Crippen LogP contribution in [0, 0.1) is 11.3 Å². The van der Waals surface area contributed by atoms with E-state index in [1.165, 1.54) is 12.8 Å². The molecule has 1 fully saturated rings. The van der Waals surface area contributed by atoms with Gasteiger partial charge in [-0.3, -0.25) is 4.79 Å². The molecule has 1 saturated carbocycles. The van der Waals surface area contributed by atoms with Crippen LogP contribution in [0.25, 0.3) is 0 Å². The molecule has 1 aliphatic carbocycles. The fourth-order valence-electron chi connectivity index (χ4n) is 3.22. The van der Waals surface area contributed by atoms with Crippen molar-refractivity contribution in [3.63, 3.8) is 0 Å². The Balaban J connectivity index is 2.75. The van der Waals surface area contributed by atoms with Crippen LogP contribution < -0.4 is 5.73 Å². The molecule has 0 aromatic rings. The molecular weight excluding hydrogens is 224 g/mol. The van der Waals surface area contributed by atoms with Gasteiger partial charge in [-0.25, -0.2) is 0 Å². The summed E-state index contributed by atoms with van der Waals surface area (Å²) in [5, 5.41) is 0. The molecule has 2 N–H and O–H groups in total. The Hall–Kier alpha value is -0.570. The van der Waals surface area contributed by atoms with Gasteiger partial charge in [-0.15, -0.1) is 0 Å². The lowest BCUT2D eigenvalue weighted by molar-refractivity contribution is -0.143. The molecule has 1 aliphatic rings. The average Bonchev–Trinajstić information content (AvgIpc) is 2.40. The lowest BCUT2D eigenvalue weighted by Crippen LogP contribution is -2.50. The van der Waals surface area contributed by atoms with Gasteiger partial charge in [-0.2, -0.15) is 0 Å². The quantitative estimate of drug-likeness (QED) is 0.820. The minimum atomic E-state index is -0.338. The first-order chi connectivity index (χ1) is 8.50. The number of carbonyl (C=O) groups excluding carboxylic acids is 1. The molecule has 1 rings (SSSR count). The standard InChI is InChI=1S/C15H30N2O/c1-5-15(6-2,11-16)14(18)17(4)13-9-7-8-12(3)10-13/h12-13H,5-11,16H2,1-4H3. The zero-order valence-electron chi connectivity index (χ0n) is 12.5. The number of amides is 1. The van der Waals surface area contributed by atoms with Crippen molar-refractivity contribution in [1.29, 1.82) is 0 Å². The highest BCUT2D eigenvalue weighted by Gasteiger charge is 2.38. The summed E-state index contributed by atoms with van der Waals surface area (Å²) in [6.07, 6.45) is 6.54. The van der Waals surface area contributed by atoms with Crippen molar-refractivity contribution in [2.24, 2.45) is 17.1 Å². The lowest BCUT2D eigenvalue weighted by Gasteiger charge is -2.40. The lowest BCUT2D eigenvalue weighted by atomic mass is 9.79. The molecule has 1 amide bonds. The minimum Gasteiger partial charge on any atom is -0.342 e. The Kier molecular flexibility index (Phi) is 5.64. The summed E-state index contributed by atoms with van der Waals surface area (Å²) in [7, 11) is 1.97. The van der Waals surface area contributed by atoms with Crippen LogP contribution in [0.15, 0.2) is 0 Å². The molecule has 0 aromatic carbocycles. The Morgan fingerprint density at radius 1 is 1.33 bits per heavy atom. The summed E-state index contributed by atoms with van der Waals surface area (Å²) < 4.78 is 0. The molecule has 3 heteroatoms. The maximum atomic E-state index is 12.7. The molecule has 2 atom stereocenters. The van der Waals surface area contributed by atoms with Gasteiger partial charge in [0.05, 0.1) is 5.41 Å². The second kappa shape index (κ2) is 6.55. The van der Waals surface area contributed by atoms with E-state index in [-0.39, 0.29) is 11.3 Å². The smallest absolute Gasteiger partial charge is 0.230 e. The first-order valence-corrected chi connectivity index (χ1v) is 7.48. The second-order valence-electron chi connectivity index (χ2n) is 6.03. The van der Waals surface area contributed by atoms with E-state index in [1.54, 1.807) is 0 Å². The van der Waals surface area contributed by atoms with Gasteiger partial charge in [-0.05, 0) is 31.6 Å². The van der Waals surface area contributed by atoms with Crippen molar-refractivity contribution < 1.29 is 4.79 Å². The summed E-state index contributed by atoms with van der Waals surface area (Å²) >= 11 is 0. The van der Waals surface area contributed by atoms with E-state index >= 15 is 0 Å². The number of hydrogen-bond donors (Lipinski definition) is 1. The van der Waals surface area contributed by atoms with E-state index in [2.05, 4.69) is 20.8 Å². The van der Waals surface area contributed by atoms with Gasteiger partial charge >= 0.3 is 0 Å². The second-order valence-corrected chi connectivity index (χ2v) is 6.03. The van der Waals surface area contributed by atoms with E-state index in [1.807, 2.05) is 11.9 Å². The minimum absolute atomic E-state index is 0.258. The van der Waals surface area contributed by atoms with Crippen LogP contribution in [0.5, 0.6) is 0 Å². The van der Waals surface area contributed by atoms with Crippen molar-refractivity contribution in [3.8, 4) is 0 Å². The van der Waals surface area contributed by atoms with Crippen molar-refractivity contribution in [1.82, 2.24) is 4.90 Å². The fraction of sp³-hybridized carbons (Fsp3) is 0.933. The molecule has 3 nitrogen and oxygen atoms in total. The molecular formula is C15H30N2O. The molecule has 0 spiro atoms. The Labute approximate surface area is 112 Å². The van der Waals surface area contributed by atoms with Crippen LogP contribution in [0.3, 0.4) is 0 Å². The average molecular weight is 254 g/mol. The van der Waals surface area contributed by atoms with Crippen molar-refractivity contribution in [2.75, 3.05) is 13.6 Å². The van der Waals surface area contributed by atoms with Gasteiger partial charge < -0.3 is 10.6 Å². The van der Waals surface area contributed by atoms with Gasteiger partial charge in [0.25, 0.3) is 0 Å². The third-order valence-corrected chi connectivity index (χ3v) is 4.97. The number of hydrogen-bond acceptors (Lipinski definition) is 2. The number of rotatable bonds is 5. The fourth-order valence-corrected chi connectivity index (χ4v) is 3.22. The SMILES string of the molecule is CCC(CC)(CN)C(=O)N(C)C1CCCC(C)C1. The van der Waals surface area contributed by atoms with Crippen molar-refractivity contribution in [2.45, 2.75) is 65.3 Å². The maximum Gasteiger partial charge on any atom is 0.230 e. The number of nitrogens with two attached hydrogens (primary N) is 1. The first-order valence-electron chi connectivity index (χ1n) is 7.48. The van der Waals surface area contributed by atoms with E-state index in [9.17, 15) is 4.79 Å². The molecule has 0 bridgehead atoms. The van der Waals surface area contributed by atoms with Gasteiger partial charge in [0.1, 0.15) is 0 Å². The van der Waals surface area contributed by atoms with Crippen molar-refractivity contribution in [3.05, 3.63) is 0 Å². The molecule has 0 saturated heterocycles. The molecule has 0 aliphatic heterocycles. The van der Waals surface area contributed by atoms with Crippen LogP contribution >= 0.6 is 0 Å². The number of carbonyl (C=O) groups is 1. The molecule has 0 radical (unpaired) electrons. The van der Waals surface area contributed by atoms with Crippen LogP contribution in [0.4, 0.5) is 0 Å². The Morgan fingerprint density at radius 3 is 2.39 bits per heavy atom. The van der Waals surface area contributed by atoms with Gasteiger partial charge in [0, 0.05) is 19.6 Å². The largest absolute Gasteiger partial charge is 0.342 e. The summed E-state index contributed by atoms with van der Waals surface area (Å²) in [4.78, 5) is 14.7. The van der Waals surface area contributed by atoms with E-state index < -0.39 is 0 Å². The number of nitrogens with zero attached hydrogens (tertiary/aromatic N) is 1. The highest BCUT2D eigenvalue weighted by Crippen LogP contribution is 2.32. The topological polar surface area (TPSA) is 46.3 Å². The summed E-state index contributed by atoms with van der Waals surface area (Å²) in [6, 6.07) is 0.422. The third-order valence-electron chi connectivity index (χ3n) is 4.97. The molecule has 2 unspecified atom stereocenters. The molecule has 0 heterocycles. The van der Waals surface area contributed by atoms with E-state index in [0.29, 0.717) is 12.6 Å². The Morgan fingerprint density at radius 2 is 1.94 bits per heavy atom. The predicted molar refractivity (Wildman–Crippen MR) is 76.3 cm³/mol. The van der Waals surface area contributed by atoms with Crippen molar-refractivity contribution >= 4 is 5.91 Å². The summed E-state index contributed by atoms with van der Waals surface area (Å²) in [5.74, 6) is 1.00. The first kappa shape index (κ1) is 15.5. The summed E-state index contributed by atoms with van der Waals surface area (Å²) in [6.45, 7) is 6.91. The van der Waals surface area contributed by atoms with Gasteiger partial charge in [0.2, 0.25) is 5.91 Å². The third kappa shape index (κ3) is 3.05. The van der Waals surface area contributed by atoms with Gasteiger partial charge in [-0.1, -0.05) is 33.6 Å². The van der Waals surface area contributed by atoms with Crippen LogP contribution in [0.2, 0.25) is 0 Å². The highest BCUT2D eigenvalue weighted by atomic mass is 16.2. The zero-order valence-corrected chi connectivity index (χ0v) is 12.5. The monoisotopic (exact) mass is 254 g/mol. The van der Waals surface area contributed by atoms with Gasteiger partial charge in [0.15, 0.2) is 0 Å². The molecule has 106 valence electrons. The predicted octanol–water partition coefficient (Wildman–Crippen LogP) is 2.79. The van der Waals surface area contributed by atoms with E-state index in [0.717, 1.165) is 31.6 Å². The molecule has 18 heavy (non-hydrogen) atoms. The van der Waals surface area contributed by atoms with Crippen LogP contribution in [0.1, 0.15) is 59.3 Å².